The van der Waals surface area contributed by atoms with E-state index in [9.17, 15) is 18.0 Å². The van der Waals surface area contributed by atoms with Gasteiger partial charge in [0.05, 0.1) is 11.9 Å². The topological polar surface area (TPSA) is 86.8 Å². The summed E-state index contributed by atoms with van der Waals surface area (Å²) in [4.78, 5) is 27.7. The molecule has 1 N–H and O–H groups in total. The SMILES string of the molecule is CCNC(=O)[C@H](CC)N(Cc1ccc(Cl)cc1Cl)C(=O)CN(c1ccc(Br)c(C)c1)S(C)(=O)=O. The Morgan fingerprint density at radius 1 is 1.12 bits per heavy atom. The van der Waals surface area contributed by atoms with Crippen LogP contribution in [0.4, 0.5) is 5.69 Å². The molecule has 0 bridgehead atoms. The second-order valence-electron chi connectivity index (χ2n) is 7.78. The van der Waals surface area contributed by atoms with Crippen molar-refractivity contribution in [2.75, 3.05) is 23.7 Å². The number of rotatable bonds is 10. The molecule has 11 heteroatoms. The van der Waals surface area contributed by atoms with Crippen LogP contribution in [-0.4, -0.2) is 50.5 Å². The number of halogens is 3. The highest BCUT2D eigenvalue weighted by atomic mass is 79.9. The molecule has 0 aliphatic rings. The molecule has 0 saturated heterocycles. The third kappa shape index (κ3) is 7.34. The van der Waals surface area contributed by atoms with Crippen LogP contribution in [-0.2, 0) is 26.2 Å². The van der Waals surface area contributed by atoms with Gasteiger partial charge in [-0.3, -0.25) is 13.9 Å². The molecule has 1 atom stereocenters. The summed E-state index contributed by atoms with van der Waals surface area (Å²) in [5.74, 6) is -0.857. The van der Waals surface area contributed by atoms with Crippen molar-refractivity contribution in [2.45, 2.75) is 39.8 Å². The number of hydrogen-bond acceptors (Lipinski definition) is 4. The van der Waals surface area contributed by atoms with Gasteiger partial charge in [0.25, 0.3) is 0 Å². The van der Waals surface area contributed by atoms with E-state index in [-0.39, 0.29) is 12.5 Å². The zero-order chi connectivity index (χ0) is 25.6. The Kier molecular flexibility index (Phi) is 10.2. The average molecular weight is 593 g/mol. The highest BCUT2D eigenvalue weighted by Gasteiger charge is 2.32. The summed E-state index contributed by atoms with van der Waals surface area (Å²) in [6.07, 6.45) is 1.37. The van der Waals surface area contributed by atoms with Crippen LogP contribution in [0, 0.1) is 6.92 Å². The number of nitrogens with one attached hydrogen (secondary N) is 1. The lowest BCUT2D eigenvalue weighted by atomic mass is 10.1. The molecule has 2 aromatic rings. The zero-order valence-electron chi connectivity index (χ0n) is 19.4. The van der Waals surface area contributed by atoms with Crippen molar-refractivity contribution < 1.29 is 18.0 Å². The summed E-state index contributed by atoms with van der Waals surface area (Å²) in [5.41, 5.74) is 1.76. The number of likely N-dealkylation sites (N-methyl/N-ethyl adjacent to an activating group) is 1. The first-order chi connectivity index (χ1) is 15.9. The van der Waals surface area contributed by atoms with Gasteiger partial charge in [-0.2, -0.15) is 0 Å². The third-order valence-electron chi connectivity index (χ3n) is 5.20. The number of hydrogen-bond donors (Lipinski definition) is 1. The molecule has 186 valence electrons. The van der Waals surface area contributed by atoms with Crippen LogP contribution in [0.25, 0.3) is 0 Å². The number of amides is 2. The second-order valence-corrected chi connectivity index (χ2v) is 11.4. The van der Waals surface area contributed by atoms with E-state index in [0.29, 0.717) is 34.3 Å². The van der Waals surface area contributed by atoms with Gasteiger partial charge >= 0.3 is 0 Å². The van der Waals surface area contributed by atoms with Crippen LogP contribution < -0.4 is 9.62 Å². The Balaban J connectivity index is 2.48. The van der Waals surface area contributed by atoms with Crippen molar-refractivity contribution in [3.63, 3.8) is 0 Å². The molecular formula is C23H28BrCl2N3O4S. The average Bonchev–Trinajstić information content (AvgIpc) is 2.74. The monoisotopic (exact) mass is 591 g/mol. The molecule has 0 aliphatic carbocycles. The molecule has 0 heterocycles. The van der Waals surface area contributed by atoms with Crippen LogP contribution in [0.1, 0.15) is 31.4 Å². The summed E-state index contributed by atoms with van der Waals surface area (Å²) in [5, 5.41) is 3.53. The first-order valence-electron chi connectivity index (χ1n) is 10.6. The van der Waals surface area contributed by atoms with Gasteiger partial charge in [-0.05, 0) is 61.7 Å². The minimum absolute atomic E-state index is 0.0153. The Labute approximate surface area is 219 Å². The van der Waals surface area contributed by atoms with Crippen LogP contribution in [0.5, 0.6) is 0 Å². The number of nitrogens with zero attached hydrogens (tertiary/aromatic N) is 2. The number of benzene rings is 2. The highest BCUT2D eigenvalue weighted by Crippen LogP contribution is 2.27. The molecule has 0 radical (unpaired) electrons. The second kappa shape index (κ2) is 12.2. The first kappa shape index (κ1) is 28.4. The normalized spacial score (nSPS) is 12.2. The molecule has 0 fully saturated rings. The van der Waals surface area contributed by atoms with Gasteiger partial charge < -0.3 is 10.2 Å². The van der Waals surface area contributed by atoms with E-state index in [1.54, 1.807) is 50.2 Å². The Bertz CT molecular complexity index is 1160. The van der Waals surface area contributed by atoms with Gasteiger partial charge in [-0.1, -0.05) is 52.1 Å². The molecule has 2 amide bonds. The van der Waals surface area contributed by atoms with Crippen molar-refractivity contribution in [2.24, 2.45) is 0 Å². The van der Waals surface area contributed by atoms with E-state index in [4.69, 9.17) is 23.2 Å². The fourth-order valence-electron chi connectivity index (χ4n) is 3.44. The molecule has 0 aromatic heterocycles. The number of anilines is 1. The minimum atomic E-state index is -3.80. The Morgan fingerprint density at radius 3 is 2.32 bits per heavy atom. The smallest absolute Gasteiger partial charge is 0.244 e. The zero-order valence-corrected chi connectivity index (χ0v) is 23.4. The molecule has 0 saturated carbocycles. The summed E-state index contributed by atoms with van der Waals surface area (Å²) in [6, 6.07) is 9.09. The van der Waals surface area contributed by atoms with E-state index < -0.39 is 28.5 Å². The Morgan fingerprint density at radius 2 is 1.79 bits per heavy atom. The van der Waals surface area contributed by atoms with E-state index in [1.807, 2.05) is 6.92 Å². The molecular weight excluding hydrogens is 565 g/mol. The van der Waals surface area contributed by atoms with Crippen molar-refractivity contribution >= 4 is 66.7 Å². The van der Waals surface area contributed by atoms with Gasteiger partial charge in [-0.25, -0.2) is 8.42 Å². The number of aryl methyl sites for hydroxylation is 1. The fraction of sp³-hybridized carbons (Fsp3) is 0.391. The predicted molar refractivity (Wildman–Crippen MR) is 141 cm³/mol. The van der Waals surface area contributed by atoms with E-state index in [1.165, 1.54) is 4.90 Å². The van der Waals surface area contributed by atoms with Crippen LogP contribution in [0.3, 0.4) is 0 Å². The van der Waals surface area contributed by atoms with E-state index in [2.05, 4.69) is 21.2 Å². The van der Waals surface area contributed by atoms with Crippen LogP contribution in [0.15, 0.2) is 40.9 Å². The van der Waals surface area contributed by atoms with E-state index in [0.717, 1.165) is 20.6 Å². The number of carbonyl (C=O) groups excluding carboxylic acids is 2. The fourth-order valence-corrected chi connectivity index (χ4v) is 5.00. The van der Waals surface area contributed by atoms with Gasteiger partial charge in [0.1, 0.15) is 12.6 Å². The maximum Gasteiger partial charge on any atom is 0.244 e. The van der Waals surface area contributed by atoms with Crippen LogP contribution in [0.2, 0.25) is 10.0 Å². The lowest BCUT2D eigenvalue weighted by Crippen LogP contribution is -2.52. The highest BCUT2D eigenvalue weighted by molar-refractivity contribution is 9.10. The molecule has 0 aliphatic heterocycles. The summed E-state index contributed by atoms with van der Waals surface area (Å²) in [6.45, 7) is 5.34. The Hall–Kier alpha value is -1.81. The van der Waals surface area contributed by atoms with Gasteiger partial charge in [0, 0.05) is 27.6 Å². The molecule has 0 spiro atoms. The summed E-state index contributed by atoms with van der Waals surface area (Å²) in [7, 11) is -3.80. The number of carbonyl (C=O) groups is 2. The maximum atomic E-state index is 13.6. The van der Waals surface area contributed by atoms with Gasteiger partial charge in [0.15, 0.2) is 0 Å². The van der Waals surface area contributed by atoms with Crippen molar-refractivity contribution in [1.82, 2.24) is 10.2 Å². The largest absolute Gasteiger partial charge is 0.355 e. The van der Waals surface area contributed by atoms with Crippen molar-refractivity contribution in [1.29, 1.82) is 0 Å². The van der Waals surface area contributed by atoms with E-state index >= 15 is 0 Å². The minimum Gasteiger partial charge on any atom is -0.355 e. The molecule has 34 heavy (non-hydrogen) atoms. The van der Waals surface area contributed by atoms with Gasteiger partial charge in [0.2, 0.25) is 21.8 Å². The standard InChI is InChI=1S/C23H28BrCl2N3O4S/c1-5-21(23(31)27-6-2)28(13-16-7-8-17(25)12-20(16)26)22(30)14-29(34(4,32)33)18-9-10-19(24)15(3)11-18/h7-12,21H,5-6,13-14H2,1-4H3,(H,27,31)/t21-/m0/s1. The third-order valence-corrected chi connectivity index (χ3v) is 7.82. The first-order valence-corrected chi connectivity index (χ1v) is 14.0. The molecule has 2 aromatic carbocycles. The lowest BCUT2D eigenvalue weighted by molar-refractivity contribution is -0.140. The molecule has 2 rings (SSSR count). The summed E-state index contributed by atoms with van der Waals surface area (Å²) >= 11 is 15.7. The van der Waals surface area contributed by atoms with Crippen molar-refractivity contribution in [3.8, 4) is 0 Å². The number of sulfonamides is 1. The van der Waals surface area contributed by atoms with Gasteiger partial charge in [-0.15, -0.1) is 0 Å². The van der Waals surface area contributed by atoms with Crippen molar-refractivity contribution in [3.05, 3.63) is 62.0 Å². The molecule has 7 nitrogen and oxygen atoms in total. The quantitative estimate of drug-likeness (QED) is 0.430. The molecule has 0 unspecified atom stereocenters. The maximum absolute atomic E-state index is 13.6. The summed E-state index contributed by atoms with van der Waals surface area (Å²) < 4.78 is 27.1. The van der Waals surface area contributed by atoms with Crippen LogP contribution >= 0.6 is 39.1 Å². The lowest BCUT2D eigenvalue weighted by Gasteiger charge is -2.33. The predicted octanol–water partition coefficient (Wildman–Crippen LogP) is 4.77.